The van der Waals surface area contributed by atoms with Gasteiger partial charge in [0.25, 0.3) is 0 Å². The molecular weight excluding hydrogens is 208 g/mol. The minimum Gasteiger partial charge on any atom is -0.494 e. The van der Waals surface area contributed by atoms with E-state index in [4.69, 9.17) is 21.4 Å². The van der Waals surface area contributed by atoms with Crippen LogP contribution in [0.2, 0.25) is 5.02 Å². The van der Waals surface area contributed by atoms with Crippen LogP contribution in [0.1, 0.15) is 20.7 Å². The predicted octanol–water partition coefficient (Wildman–Crippen LogP) is 1.86. The van der Waals surface area contributed by atoms with Gasteiger partial charge in [-0.1, -0.05) is 11.6 Å². The summed E-state index contributed by atoms with van der Waals surface area (Å²) >= 11 is 5.71. The van der Waals surface area contributed by atoms with Crippen LogP contribution in [0.25, 0.3) is 0 Å². The fourth-order valence-corrected chi connectivity index (χ4v) is 1.35. The van der Waals surface area contributed by atoms with Gasteiger partial charge in [0.1, 0.15) is 11.8 Å². The maximum atomic E-state index is 10.7. The maximum Gasteiger partial charge on any atom is 0.339 e. The summed E-state index contributed by atoms with van der Waals surface area (Å²) in [7, 11) is 1.31. The Morgan fingerprint density at radius 2 is 2.21 bits per heavy atom. The summed E-state index contributed by atoms with van der Waals surface area (Å²) in [5.41, 5.74) is 0.0790. The molecule has 0 saturated heterocycles. The molecule has 1 rings (SSSR count). The van der Waals surface area contributed by atoms with E-state index in [-0.39, 0.29) is 21.9 Å². The van der Waals surface area contributed by atoms with E-state index < -0.39 is 5.97 Å². The molecule has 0 atom stereocenters. The molecule has 5 heteroatoms. The minimum atomic E-state index is -1.19. The van der Waals surface area contributed by atoms with Gasteiger partial charge in [-0.3, -0.25) is 4.79 Å². The number of halogens is 1. The Morgan fingerprint density at radius 3 is 2.64 bits per heavy atom. The Labute approximate surface area is 85.1 Å². The van der Waals surface area contributed by atoms with Crippen LogP contribution < -0.4 is 4.74 Å². The largest absolute Gasteiger partial charge is 0.494 e. The molecule has 1 aromatic carbocycles. The van der Waals surface area contributed by atoms with E-state index in [9.17, 15) is 9.59 Å². The van der Waals surface area contributed by atoms with E-state index in [1.165, 1.54) is 19.2 Å². The van der Waals surface area contributed by atoms with Gasteiger partial charge >= 0.3 is 5.97 Å². The van der Waals surface area contributed by atoms with E-state index >= 15 is 0 Å². The molecule has 0 fully saturated rings. The quantitative estimate of drug-likeness (QED) is 0.780. The van der Waals surface area contributed by atoms with Gasteiger partial charge in [0.15, 0.2) is 5.75 Å². The highest BCUT2D eigenvalue weighted by Crippen LogP contribution is 2.29. The number of carboxylic acids is 1. The van der Waals surface area contributed by atoms with Gasteiger partial charge in [0, 0.05) is 5.56 Å². The number of carbonyl (C=O) groups excluding carboxylic acids is 1. The Morgan fingerprint density at radius 1 is 1.57 bits per heavy atom. The molecule has 74 valence electrons. The zero-order chi connectivity index (χ0) is 10.7. The first-order valence-electron chi connectivity index (χ1n) is 3.66. The molecular formula is C9H7ClO4. The highest BCUT2D eigenvalue weighted by atomic mass is 35.5. The van der Waals surface area contributed by atoms with Crippen LogP contribution in [-0.4, -0.2) is 24.5 Å². The van der Waals surface area contributed by atoms with Crippen molar-refractivity contribution < 1.29 is 19.4 Å². The number of carbonyl (C=O) groups is 2. The average molecular weight is 215 g/mol. The molecule has 1 aromatic rings. The van der Waals surface area contributed by atoms with Gasteiger partial charge in [-0.25, -0.2) is 4.79 Å². The molecule has 4 nitrogen and oxygen atoms in total. The van der Waals surface area contributed by atoms with Crippen LogP contribution in [0.5, 0.6) is 5.75 Å². The molecule has 0 spiro atoms. The van der Waals surface area contributed by atoms with Gasteiger partial charge in [-0.15, -0.1) is 0 Å². The highest BCUT2D eigenvalue weighted by Gasteiger charge is 2.15. The summed E-state index contributed by atoms with van der Waals surface area (Å²) in [6.07, 6.45) is 0.526. The zero-order valence-corrected chi connectivity index (χ0v) is 8.04. The first-order chi connectivity index (χ1) is 6.60. The number of carboxylic acid groups (broad SMARTS) is 1. The van der Waals surface area contributed by atoms with Crippen LogP contribution in [0.4, 0.5) is 0 Å². The van der Waals surface area contributed by atoms with Crippen molar-refractivity contribution in [1.82, 2.24) is 0 Å². The van der Waals surface area contributed by atoms with E-state index in [2.05, 4.69) is 0 Å². The number of methoxy groups -OCH3 is 1. The lowest BCUT2D eigenvalue weighted by Crippen LogP contribution is -2.02. The standard InChI is InChI=1S/C9H7ClO4/c1-14-8-6(9(12)13)2-5(4-11)3-7(8)10/h2-4H,1H3,(H,12,13). The average Bonchev–Trinajstić information content (AvgIpc) is 2.16. The summed E-state index contributed by atoms with van der Waals surface area (Å²) < 4.78 is 4.81. The lowest BCUT2D eigenvalue weighted by atomic mass is 10.1. The third-order valence-electron chi connectivity index (χ3n) is 1.64. The normalized spacial score (nSPS) is 9.57. The smallest absolute Gasteiger partial charge is 0.339 e. The van der Waals surface area contributed by atoms with Crippen LogP contribution in [0, 0.1) is 0 Å². The molecule has 0 aliphatic rings. The molecule has 14 heavy (non-hydrogen) atoms. The SMILES string of the molecule is COc1c(Cl)cc(C=O)cc1C(=O)O. The molecule has 0 aliphatic carbocycles. The summed E-state index contributed by atoms with van der Waals surface area (Å²) in [5.74, 6) is -1.13. The molecule has 0 saturated carbocycles. The van der Waals surface area contributed by atoms with Gasteiger partial charge in [-0.2, -0.15) is 0 Å². The Bertz CT molecular complexity index is 387. The second-order valence-electron chi connectivity index (χ2n) is 2.51. The number of ether oxygens (including phenoxy) is 1. The van der Waals surface area contributed by atoms with Crippen molar-refractivity contribution in [3.63, 3.8) is 0 Å². The van der Waals surface area contributed by atoms with E-state index in [1.54, 1.807) is 0 Å². The summed E-state index contributed by atoms with van der Waals surface area (Å²) in [6, 6.07) is 2.56. The third kappa shape index (κ3) is 1.85. The molecule has 0 radical (unpaired) electrons. The van der Waals surface area contributed by atoms with Crippen LogP contribution in [-0.2, 0) is 0 Å². The van der Waals surface area contributed by atoms with Crippen molar-refractivity contribution in [1.29, 1.82) is 0 Å². The van der Waals surface area contributed by atoms with Crippen molar-refractivity contribution in [2.75, 3.05) is 7.11 Å². The Balaban J connectivity index is 3.42. The highest BCUT2D eigenvalue weighted by molar-refractivity contribution is 6.33. The second-order valence-corrected chi connectivity index (χ2v) is 2.91. The number of aldehydes is 1. The van der Waals surface area contributed by atoms with E-state index in [0.717, 1.165) is 0 Å². The van der Waals surface area contributed by atoms with Crippen LogP contribution in [0.15, 0.2) is 12.1 Å². The molecule has 0 heterocycles. The predicted molar refractivity (Wildman–Crippen MR) is 50.4 cm³/mol. The van der Waals surface area contributed by atoms with E-state index in [1.807, 2.05) is 0 Å². The molecule has 0 aliphatic heterocycles. The fourth-order valence-electron chi connectivity index (χ4n) is 1.05. The van der Waals surface area contributed by atoms with E-state index in [0.29, 0.717) is 6.29 Å². The summed E-state index contributed by atoms with van der Waals surface area (Å²) in [4.78, 5) is 21.2. The van der Waals surface area contributed by atoms with Crippen LogP contribution in [0.3, 0.4) is 0 Å². The number of rotatable bonds is 3. The lowest BCUT2D eigenvalue weighted by molar-refractivity contribution is 0.0693. The topological polar surface area (TPSA) is 63.6 Å². The van der Waals surface area contributed by atoms with Gasteiger partial charge in [-0.05, 0) is 12.1 Å². The fraction of sp³-hybridized carbons (Fsp3) is 0.111. The molecule has 0 aromatic heterocycles. The van der Waals surface area contributed by atoms with Crippen molar-refractivity contribution >= 4 is 23.9 Å². The van der Waals surface area contributed by atoms with Crippen LogP contribution >= 0.6 is 11.6 Å². The minimum absolute atomic E-state index is 0.0600. The van der Waals surface area contributed by atoms with Crippen molar-refractivity contribution in [2.45, 2.75) is 0 Å². The first kappa shape index (κ1) is 10.5. The molecule has 0 bridgehead atoms. The number of benzene rings is 1. The molecule has 1 N–H and O–H groups in total. The number of hydrogen-bond donors (Lipinski definition) is 1. The number of hydrogen-bond acceptors (Lipinski definition) is 3. The molecule has 0 amide bonds. The Hall–Kier alpha value is -1.55. The summed E-state index contributed by atoms with van der Waals surface area (Å²) in [6.45, 7) is 0. The lowest BCUT2D eigenvalue weighted by Gasteiger charge is -2.07. The van der Waals surface area contributed by atoms with Gasteiger partial charge in [0.05, 0.1) is 12.1 Å². The first-order valence-corrected chi connectivity index (χ1v) is 4.04. The zero-order valence-electron chi connectivity index (χ0n) is 7.28. The van der Waals surface area contributed by atoms with Gasteiger partial charge in [0.2, 0.25) is 0 Å². The second kappa shape index (κ2) is 4.11. The van der Waals surface area contributed by atoms with Gasteiger partial charge < -0.3 is 9.84 Å². The summed E-state index contributed by atoms with van der Waals surface area (Å²) in [5, 5.41) is 8.89. The Kier molecular flexibility index (Phi) is 3.09. The van der Waals surface area contributed by atoms with Crippen molar-refractivity contribution in [2.24, 2.45) is 0 Å². The molecule has 0 unspecified atom stereocenters. The number of aromatic carboxylic acids is 1. The maximum absolute atomic E-state index is 10.7. The van der Waals surface area contributed by atoms with Crippen molar-refractivity contribution in [3.05, 3.63) is 28.3 Å². The third-order valence-corrected chi connectivity index (χ3v) is 1.92. The monoisotopic (exact) mass is 214 g/mol. The van der Waals surface area contributed by atoms with Crippen molar-refractivity contribution in [3.8, 4) is 5.75 Å².